The fourth-order valence-corrected chi connectivity index (χ4v) is 5.04. The number of Topliss-reactive ketones (excluding diaryl/α,β-unsaturated/α-hetero) is 1. The molecule has 6 heteroatoms. The van der Waals surface area contributed by atoms with Crippen molar-refractivity contribution in [1.82, 2.24) is 9.55 Å². The van der Waals surface area contributed by atoms with Gasteiger partial charge in [0.2, 0.25) is 0 Å². The summed E-state index contributed by atoms with van der Waals surface area (Å²) in [5.74, 6) is -0.566. The molecule has 1 aliphatic rings. The maximum absolute atomic E-state index is 12.8. The largest absolute Gasteiger partial charge is 0.318 e. The highest BCUT2D eigenvalue weighted by atomic mass is 32.2. The van der Waals surface area contributed by atoms with Crippen molar-refractivity contribution in [2.45, 2.75) is 19.8 Å². The Morgan fingerprint density at radius 2 is 2.00 bits per heavy atom. The Morgan fingerprint density at radius 1 is 1.23 bits per heavy atom. The van der Waals surface area contributed by atoms with Gasteiger partial charge in [0.25, 0.3) is 0 Å². The van der Waals surface area contributed by atoms with Gasteiger partial charge in [-0.25, -0.2) is 4.98 Å². The molecule has 1 aromatic carbocycles. The van der Waals surface area contributed by atoms with Crippen molar-refractivity contribution in [3.63, 3.8) is 0 Å². The molecule has 1 N–H and O–H groups in total. The molecule has 0 aliphatic carbocycles. The van der Waals surface area contributed by atoms with E-state index in [2.05, 4.69) is 41.6 Å². The molecule has 26 heavy (non-hydrogen) atoms. The van der Waals surface area contributed by atoms with Gasteiger partial charge in [-0.05, 0) is 43.7 Å². The molecule has 2 aromatic heterocycles. The average Bonchev–Trinajstić information content (AvgIpc) is 3.30. The fraction of sp³-hybridized carbons (Fsp3) is 0.150. The average molecular weight is 380 g/mol. The van der Waals surface area contributed by atoms with Gasteiger partial charge in [-0.3, -0.25) is 10.2 Å². The summed E-state index contributed by atoms with van der Waals surface area (Å²) >= 11 is 2.67. The van der Waals surface area contributed by atoms with Gasteiger partial charge in [-0.1, -0.05) is 30.0 Å². The number of aromatic nitrogens is 2. The Kier molecular flexibility index (Phi) is 4.38. The van der Waals surface area contributed by atoms with Crippen LogP contribution in [0.2, 0.25) is 0 Å². The van der Waals surface area contributed by atoms with E-state index in [1.165, 1.54) is 23.1 Å². The summed E-state index contributed by atoms with van der Waals surface area (Å²) in [6.45, 7) is 4.12. The van der Waals surface area contributed by atoms with E-state index in [-0.39, 0.29) is 5.78 Å². The Hall–Kier alpha value is -2.44. The van der Waals surface area contributed by atoms with E-state index in [1.807, 2.05) is 29.7 Å². The van der Waals surface area contributed by atoms with E-state index in [1.54, 1.807) is 6.20 Å². The second-order valence-electron chi connectivity index (χ2n) is 6.14. The second-order valence-corrected chi connectivity index (χ2v) is 8.15. The molecule has 0 saturated carbocycles. The van der Waals surface area contributed by atoms with Crippen LogP contribution in [0.15, 0.2) is 52.9 Å². The van der Waals surface area contributed by atoms with Crippen molar-refractivity contribution in [2.75, 3.05) is 0 Å². The quantitative estimate of drug-likeness (QED) is 0.654. The number of rotatable bonds is 3. The first-order valence-electron chi connectivity index (χ1n) is 8.22. The van der Waals surface area contributed by atoms with Crippen LogP contribution in [-0.2, 0) is 4.79 Å². The van der Waals surface area contributed by atoms with Crippen LogP contribution >= 0.6 is 23.1 Å². The third-order valence-electron chi connectivity index (χ3n) is 4.46. The Morgan fingerprint density at radius 3 is 2.69 bits per heavy atom. The van der Waals surface area contributed by atoms with Crippen LogP contribution in [0.4, 0.5) is 0 Å². The van der Waals surface area contributed by atoms with Crippen molar-refractivity contribution in [3.8, 4) is 5.69 Å². The molecule has 3 aromatic rings. The predicted molar refractivity (Wildman–Crippen MR) is 108 cm³/mol. The molecule has 3 heterocycles. The molecule has 130 valence electrons. The number of thioether (sulfide) groups is 1. The molecule has 0 radical (unpaired) electrons. The van der Waals surface area contributed by atoms with Crippen LogP contribution in [0.1, 0.15) is 27.9 Å². The highest BCUT2D eigenvalue weighted by Gasteiger charge is 2.38. The lowest BCUT2D eigenvalue weighted by Crippen LogP contribution is -2.11. The highest BCUT2D eigenvalue weighted by Crippen LogP contribution is 2.41. The molecule has 0 amide bonds. The van der Waals surface area contributed by atoms with Crippen LogP contribution in [0.3, 0.4) is 0 Å². The highest BCUT2D eigenvalue weighted by molar-refractivity contribution is 8.19. The number of hydrogen-bond donors (Lipinski definition) is 1. The Labute approximate surface area is 160 Å². The molecule has 1 aliphatic heterocycles. The number of carbonyl (C=O) groups is 1. The molecule has 0 unspecified atom stereocenters. The lowest BCUT2D eigenvalue weighted by atomic mass is 10.1. The third kappa shape index (κ3) is 2.85. The van der Waals surface area contributed by atoms with Crippen molar-refractivity contribution in [2.24, 2.45) is 0 Å². The van der Waals surface area contributed by atoms with Crippen LogP contribution < -0.4 is 0 Å². The van der Waals surface area contributed by atoms with Gasteiger partial charge in [-0.2, -0.15) is 0 Å². The first-order valence-corrected chi connectivity index (χ1v) is 9.92. The standard InChI is InChI=1S/C20H17N3OS2/c1-12-10-14(13(2)23(12)15-6-4-3-5-7-15)11-16-18(24)17(19(21)26-16)20-22-8-9-25-20/h3-11,17,21H,1-2H3/b16-11-,21-19?/t17-/m0/s1. The number of carbonyl (C=O) groups excluding carboxylic acids is 1. The van der Waals surface area contributed by atoms with Crippen LogP contribution in [-0.4, -0.2) is 20.4 Å². The number of hydrogen-bond acceptors (Lipinski definition) is 5. The number of thiazole rings is 1. The summed E-state index contributed by atoms with van der Waals surface area (Å²) in [6, 6.07) is 12.3. The molecule has 1 fully saturated rings. The topological polar surface area (TPSA) is 58.7 Å². The zero-order valence-electron chi connectivity index (χ0n) is 14.4. The van der Waals surface area contributed by atoms with E-state index >= 15 is 0 Å². The number of benzene rings is 1. The molecule has 1 atom stereocenters. The predicted octanol–water partition coefficient (Wildman–Crippen LogP) is 4.97. The monoisotopic (exact) mass is 379 g/mol. The van der Waals surface area contributed by atoms with Crippen LogP contribution in [0.5, 0.6) is 0 Å². The van der Waals surface area contributed by atoms with Gasteiger partial charge in [0, 0.05) is 28.7 Å². The third-order valence-corrected chi connectivity index (χ3v) is 6.29. The van der Waals surface area contributed by atoms with Gasteiger partial charge < -0.3 is 4.57 Å². The van der Waals surface area contributed by atoms with E-state index in [4.69, 9.17) is 5.41 Å². The summed E-state index contributed by atoms with van der Waals surface area (Å²) in [5.41, 5.74) is 4.31. The van der Waals surface area contributed by atoms with Gasteiger partial charge in [0.05, 0.1) is 9.95 Å². The zero-order chi connectivity index (χ0) is 18.3. The Bertz CT molecular complexity index is 1020. The van der Waals surface area contributed by atoms with E-state index < -0.39 is 5.92 Å². The number of aryl methyl sites for hydroxylation is 1. The fourth-order valence-electron chi connectivity index (χ4n) is 3.24. The summed E-state index contributed by atoms with van der Waals surface area (Å²) in [6.07, 6.45) is 3.59. The van der Waals surface area contributed by atoms with Gasteiger partial charge in [-0.15, -0.1) is 11.3 Å². The number of nitrogens with one attached hydrogen (secondary N) is 1. The maximum Gasteiger partial charge on any atom is 0.186 e. The summed E-state index contributed by atoms with van der Waals surface area (Å²) < 4.78 is 2.18. The first kappa shape index (κ1) is 17.0. The van der Waals surface area contributed by atoms with Gasteiger partial charge in [0.1, 0.15) is 10.9 Å². The molecular formula is C20H17N3OS2. The lowest BCUT2D eigenvalue weighted by molar-refractivity contribution is -0.114. The van der Waals surface area contributed by atoms with Crippen LogP contribution in [0.25, 0.3) is 11.8 Å². The smallest absolute Gasteiger partial charge is 0.186 e. The maximum atomic E-state index is 12.8. The molecule has 4 rings (SSSR count). The van der Waals surface area contributed by atoms with E-state index in [0.717, 1.165) is 22.6 Å². The molecule has 0 spiro atoms. The molecule has 4 nitrogen and oxygen atoms in total. The minimum atomic E-state index is -0.538. The number of para-hydroxylation sites is 1. The van der Waals surface area contributed by atoms with E-state index in [9.17, 15) is 4.79 Å². The van der Waals surface area contributed by atoms with Crippen LogP contribution in [0, 0.1) is 19.3 Å². The molecule has 1 saturated heterocycles. The summed E-state index contributed by atoms with van der Waals surface area (Å²) in [5, 5.41) is 11.1. The normalized spacial score (nSPS) is 18.8. The SMILES string of the molecule is Cc1cc(/C=C2\SC(=N)[C@@H](c3nccs3)C2=O)c(C)n1-c1ccccc1. The lowest BCUT2D eigenvalue weighted by Gasteiger charge is -2.09. The van der Waals surface area contributed by atoms with Crippen molar-refractivity contribution < 1.29 is 4.79 Å². The van der Waals surface area contributed by atoms with Crippen molar-refractivity contribution in [3.05, 3.63) is 74.8 Å². The molecular weight excluding hydrogens is 362 g/mol. The van der Waals surface area contributed by atoms with E-state index in [0.29, 0.717) is 15.0 Å². The number of nitrogens with zero attached hydrogens (tertiary/aromatic N) is 2. The summed E-state index contributed by atoms with van der Waals surface area (Å²) in [4.78, 5) is 17.7. The molecule has 0 bridgehead atoms. The minimum Gasteiger partial charge on any atom is -0.318 e. The number of ketones is 1. The summed E-state index contributed by atoms with van der Waals surface area (Å²) in [7, 11) is 0. The van der Waals surface area contributed by atoms with Gasteiger partial charge >= 0.3 is 0 Å². The zero-order valence-corrected chi connectivity index (χ0v) is 16.0. The van der Waals surface area contributed by atoms with Gasteiger partial charge in [0.15, 0.2) is 5.78 Å². The first-order chi connectivity index (χ1) is 12.6. The number of allylic oxidation sites excluding steroid dienone is 1. The van der Waals surface area contributed by atoms with Crippen molar-refractivity contribution >= 4 is 40.0 Å². The van der Waals surface area contributed by atoms with Crippen molar-refractivity contribution in [1.29, 1.82) is 5.41 Å². The minimum absolute atomic E-state index is 0.0283. The Balaban J connectivity index is 1.72. The second kappa shape index (κ2) is 6.70.